The number of aromatic nitrogens is 3. The van der Waals surface area contributed by atoms with E-state index in [4.69, 9.17) is 21.3 Å². The summed E-state index contributed by atoms with van der Waals surface area (Å²) >= 11 is 6.05. The number of nitrogens with one attached hydrogen (secondary N) is 1. The molecule has 3 aromatic rings. The number of amides is 1. The van der Waals surface area contributed by atoms with E-state index < -0.39 is 5.82 Å². The van der Waals surface area contributed by atoms with Crippen molar-refractivity contribution in [1.29, 1.82) is 0 Å². The van der Waals surface area contributed by atoms with Crippen LogP contribution in [0, 0.1) is 5.82 Å². The highest BCUT2D eigenvalue weighted by atomic mass is 35.5. The molecule has 4 heterocycles. The highest BCUT2D eigenvalue weighted by molar-refractivity contribution is 6.32. The average molecular weight is 455 g/mol. The number of hydrogen-bond acceptors (Lipinski definition) is 7. The van der Waals surface area contributed by atoms with Gasteiger partial charge in [-0.1, -0.05) is 18.2 Å². The van der Waals surface area contributed by atoms with Gasteiger partial charge in [-0.15, -0.1) is 0 Å². The normalized spacial score (nSPS) is 19.5. The molecule has 2 fully saturated rings. The molecule has 2 atom stereocenters. The van der Waals surface area contributed by atoms with Crippen molar-refractivity contribution in [2.24, 2.45) is 0 Å². The summed E-state index contributed by atoms with van der Waals surface area (Å²) < 4.78 is 19.8. The predicted molar refractivity (Wildman–Crippen MR) is 120 cm³/mol. The number of methoxy groups -OCH3 is 1. The van der Waals surface area contributed by atoms with E-state index in [9.17, 15) is 9.18 Å². The summed E-state index contributed by atoms with van der Waals surface area (Å²) in [5, 5.41) is 2.86. The molecule has 1 amide bonds. The van der Waals surface area contributed by atoms with Gasteiger partial charge in [-0.3, -0.25) is 4.79 Å². The Morgan fingerprint density at radius 2 is 2.12 bits per heavy atom. The number of benzene rings is 1. The number of likely N-dealkylation sites (tertiary alicyclic amines) is 1. The molecule has 2 bridgehead atoms. The molecule has 2 aliphatic heterocycles. The Balaban J connectivity index is 1.46. The molecule has 0 saturated carbocycles. The number of carbonyl (C=O) groups is 1. The maximum Gasteiger partial charge on any atom is 0.246 e. The number of carbonyl (C=O) groups excluding carboxylic acids is 1. The van der Waals surface area contributed by atoms with E-state index in [1.54, 1.807) is 6.07 Å². The molecule has 0 aliphatic carbocycles. The van der Waals surface area contributed by atoms with E-state index in [1.807, 2.05) is 17.0 Å². The third kappa shape index (κ3) is 3.29. The van der Waals surface area contributed by atoms with Gasteiger partial charge in [0.2, 0.25) is 5.91 Å². The van der Waals surface area contributed by atoms with E-state index in [0.29, 0.717) is 29.9 Å². The SMILES string of the molecule is C=CC(=O)N1C[C@@H]2C[C@H]1CN2c1ccc2ncnc(Nc3ccc(OC)c(Cl)c3F)c2n1. The Kier molecular flexibility index (Phi) is 5.05. The number of nitrogens with zero attached hydrogens (tertiary/aromatic N) is 5. The van der Waals surface area contributed by atoms with Crippen molar-refractivity contribution < 1.29 is 13.9 Å². The van der Waals surface area contributed by atoms with Crippen LogP contribution in [0.25, 0.3) is 11.0 Å². The van der Waals surface area contributed by atoms with Gasteiger partial charge in [0.1, 0.15) is 28.4 Å². The van der Waals surface area contributed by atoms with E-state index >= 15 is 0 Å². The second kappa shape index (κ2) is 7.90. The Morgan fingerprint density at radius 1 is 1.28 bits per heavy atom. The van der Waals surface area contributed by atoms with Gasteiger partial charge >= 0.3 is 0 Å². The standard InChI is InChI=1S/C22H20ClFN6O2/c1-3-18(31)30-10-12-8-13(30)9-29(12)17-7-5-15-21(28-17)22(26-11-25-15)27-14-4-6-16(32-2)19(23)20(14)24/h3-7,11-13H,1,8-10H2,2H3,(H,25,26,27)/t12-,13-/m0/s1. The van der Waals surface area contributed by atoms with Crippen molar-refractivity contribution >= 4 is 45.9 Å². The molecule has 10 heteroatoms. The summed E-state index contributed by atoms with van der Waals surface area (Å²) in [6.07, 6.45) is 3.65. The fourth-order valence-corrected chi connectivity index (χ4v) is 4.67. The van der Waals surface area contributed by atoms with Crippen molar-refractivity contribution in [1.82, 2.24) is 19.9 Å². The number of anilines is 3. The van der Waals surface area contributed by atoms with Crippen LogP contribution in [-0.4, -0.2) is 58.0 Å². The summed E-state index contributed by atoms with van der Waals surface area (Å²) in [6.45, 7) is 4.92. The number of ether oxygens (including phenoxy) is 1. The molecule has 2 saturated heterocycles. The van der Waals surface area contributed by atoms with Crippen molar-refractivity contribution in [3.63, 3.8) is 0 Å². The van der Waals surface area contributed by atoms with Gasteiger partial charge < -0.3 is 19.9 Å². The van der Waals surface area contributed by atoms with Crippen LogP contribution >= 0.6 is 11.6 Å². The topological polar surface area (TPSA) is 83.5 Å². The summed E-state index contributed by atoms with van der Waals surface area (Å²) in [5.41, 5.74) is 1.29. The first-order chi connectivity index (χ1) is 15.5. The highest BCUT2D eigenvalue weighted by Gasteiger charge is 2.45. The van der Waals surface area contributed by atoms with Crippen LogP contribution in [-0.2, 0) is 4.79 Å². The number of hydrogen-bond donors (Lipinski definition) is 1. The van der Waals surface area contributed by atoms with Crippen LogP contribution in [0.4, 0.5) is 21.7 Å². The minimum Gasteiger partial charge on any atom is -0.495 e. The van der Waals surface area contributed by atoms with Gasteiger partial charge in [0.15, 0.2) is 11.6 Å². The summed E-state index contributed by atoms with van der Waals surface area (Å²) in [7, 11) is 1.43. The monoisotopic (exact) mass is 454 g/mol. The van der Waals surface area contributed by atoms with Crippen molar-refractivity contribution in [2.75, 3.05) is 30.4 Å². The van der Waals surface area contributed by atoms with Gasteiger partial charge in [0.05, 0.1) is 30.4 Å². The second-order valence-electron chi connectivity index (χ2n) is 7.72. The van der Waals surface area contributed by atoms with Crippen LogP contribution in [0.15, 0.2) is 43.2 Å². The molecule has 1 N–H and O–H groups in total. The van der Waals surface area contributed by atoms with E-state index in [1.165, 1.54) is 25.6 Å². The van der Waals surface area contributed by atoms with E-state index in [2.05, 4.69) is 26.8 Å². The van der Waals surface area contributed by atoms with Crippen LogP contribution < -0.4 is 15.0 Å². The van der Waals surface area contributed by atoms with Crippen LogP contribution in [0.3, 0.4) is 0 Å². The van der Waals surface area contributed by atoms with Gasteiger partial charge in [0.25, 0.3) is 0 Å². The maximum atomic E-state index is 14.7. The summed E-state index contributed by atoms with van der Waals surface area (Å²) in [6, 6.07) is 7.21. The first-order valence-corrected chi connectivity index (χ1v) is 10.5. The fraction of sp³-hybridized carbons (Fsp3) is 0.273. The molecular weight excluding hydrogens is 435 g/mol. The predicted octanol–water partition coefficient (Wildman–Crippen LogP) is 3.55. The van der Waals surface area contributed by atoms with Crippen LogP contribution in [0.2, 0.25) is 5.02 Å². The maximum absolute atomic E-state index is 14.7. The van der Waals surface area contributed by atoms with Crippen LogP contribution in [0.1, 0.15) is 6.42 Å². The Morgan fingerprint density at radius 3 is 2.84 bits per heavy atom. The van der Waals surface area contributed by atoms with Gasteiger partial charge in [-0.2, -0.15) is 0 Å². The van der Waals surface area contributed by atoms with Gasteiger partial charge in [0, 0.05) is 13.1 Å². The number of halogens is 2. The number of rotatable bonds is 5. The molecule has 2 aliphatic rings. The first kappa shape index (κ1) is 20.4. The number of fused-ring (bicyclic) bond motifs is 3. The number of piperazine rings is 1. The lowest BCUT2D eigenvalue weighted by Gasteiger charge is -2.34. The van der Waals surface area contributed by atoms with E-state index in [0.717, 1.165) is 12.2 Å². The Hall–Kier alpha value is -3.46. The largest absolute Gasteiger partial charge is 0.495 e. The zero-order valence-corrected chi connectivity index (χ0v) is 18.0. The minimum absolute atomic E-state index is 0.0383. The minimum atomic E-state index is -0.641. The van der Waals surface area contributed by atoms with Gasteiger partial charge in [-0.05, 0) is 36.8 Å². The highest BCUT2D eigenvalue weighted by Crippen LogP contribution is 2.36. The Labute approximate surface area is 188 Å². The van der Waals surface area contributed by atoms with E-state index in [-0.39, 0.29) is 34.5 Å². The second-order valence-corrected chi connectivity index (χ2v) is 8.10. The van der Waals surface area contributed by atoms with Crippen molar-refractivity contribution in [3.8, 4) is 5.75 Å². The fourth-order valence-electron chi connectivity index (χ4n) is 4.43. The molecule has 0 spiro atoms. The molecule has 0 radical (unpaired) electrons. The summed E-state index contributed by atoms with van der Waals surface area (Å²) in [5.74, 6) is 0.698. The quantitative estimate of drug-likeness (QED) is 0.590. The zero-order chi connectivity index (χ0) is 22.4. The third-order valence-corrected chi connectivity index (χ3v) is 6.33. The van der Waals surface area contributed by atoms with Crippen molar-refractivity contribution in [3.05, 3.63) is 54.1 Å². The molecule has 2 aromatic heterocycles. The molecule has 32 heavy (non-hydrogen) atoms. The third-order valence-electron chi connectivity index (χ3n) is 5.98. The molecule has 0 unspecified atom stereocenters. The molecule has 164 valence electrons. The molecule has 1 aromatic carbocycles. The molecule has 5 rings (SSSR count). The summed E-state index contributed by atoms with van der Waals surface area (Å²) in [4.78, 5) is 29.4. The lowest BCUT2D eigenvalue weighted by Crippen LogP contribution is -2.48. The van der Waals surface area contributed by atoms with Crippen LogP contribution in [0.5, 0.6) is 5.75 Å². The lowest BCUT2D eigenvalue weighted by atomic mass is 10.2. The number of pyridine rings is 1. The molecular formula is C22H20ClFN6O2. The first-order valence-electron chi connectivity index (χ1n) is 10.1. The van der Waals surface area contributed by atoms with Crippen molar-refractivity contribution in [2.45, 2.75) is 18.5 Å². The zero-order valence-electron chi connectivity index (χ0n) is 17.3. The average Bonchev–Trinajstić information content (AvgIpc) is 3.43. The van der Waals surface area contributed by atoms with Gasteiger partial charge in [-0.25, -0.2) is 19.3 Å². The Bertz CT molecular complexity index is 1240. The lowest BCUT2D eigenvalue weighted by molar-refractivity contribution is -0.127. The smallest absolute Gasteiger partial charge is 0.246 e. The molecule has 8 nitrogen and oxygen atoms in total.